The molecule has 0 amide bonds. The van der Waals surface area contributed by atoms with Gasteiger partial charge in [0.2, 0.25) is 0 Å². The predicted octanol–water partition coefficient (Wildman–Crippen LogP) is 2.24. The Hall–Kier alpha value is -0.550. The van der Waals surface area contributed by atoms with Crippen LogP contribution in [0.25, 0.3) is 0 Å². The molecular formula is C10H13NO2S2. The molecule has 1 aliphatic heterocycles. The Morgan fingerprint density at radius 2 is 1.73 bits per heavy atom. The van der Waals surface area contributed by atoms with E-state index in [1.54, 1.807) is 0 Å². The monoisotopic (exact) mass is 243 g/mol. The van der Waals surface area contributed by atoms with E-state index in [2.05, 4.69) is 0 Å². The first-order valence-corrected chi connectivity index (χ1v) is 5.99. The van der Waals surface area contributed by atoms with Crippen LogP contribution in [0.3, 0.4) is 0 Å². The van der Waals surface area contributed by atoms with E-state index in [1.807, 2.05) is 0 Å². The minimum absolute atomic E-state index is 0.320. The molecule has 15 heavy (non-hydrogen) atoms. The number of rotatable bonds is 1. The standard InChI is InChI=1S/C10H13NO2S2/c1-6(12)13-11-9(14)7-4-2-3-5-8(7)10(11)15/h7-8H,2-5H2,1H3. The van der Waals surface area contributed by atoms with Gasteiger partial charge in [-0.15, -0.1) is 0 Å². The number of carbonyl (C=O) groups is 1. The number of thiocarbonyl (C=S) groups is 2. The van der Waals surface area contributed by atoms with E-state index in [1.165, 1.54) is 24.8 Å². The van der Waals surface area contributed by atoms with Crippen molar-refractivity contribution in [2.45, 2.75) is 32.6 Å². The van der Waals surface area contributed by atoms with Crippen molar-refractivity contribution < 1.29 is 9.63 Å². The molecule has 82 valence electrons. The van der Waals surface area contributed by atoms with Crippen LogP contribution in [0.5, 0.6) is 0 Å². The molecule has 0 aromatic heterocycles. The van der Waals surface area contributed by atoms with Crippen LogP contribution in [0.15, 0.2) is 0 Å². The molecule has 1 aliphatic carbocycles. The van der Waals surface area contributed by atoms with Gasteiger partial charge in [-0.2, -0.15) is 5.06 Å². The Balaban J connectivity index is 2.17. The van der Waals surface area contributed by atoms with Crippen molar-refractivity contribution in [1.29, 1.82) is 0 Å². The van der Waals surface area contributed by atoms with Gasteiger partial charge in [-0.05, 0) is 12.8 Å². The summed E-state index contributed by atoms with van der Waals surface area (Å²) in [6, 6.07) is 0. The lowest BCUT2D eigenvalue weighted by atomic mass is 9.82. The van der Waals surface area contributed by atoms with Gasteiger partial charge in [0.25, 0.3) is 0 Å². The number of hydroxylamine groups is 2. The highest BCUT2D eigenvalue weighted by molar-refractivity contribution is 7.82. The molecule has 1 saturated carbocycles. The highest BCUT2D eigenvalue weighted by Crippen LogP contribution is 2.39. The first-order valence-electron chi connectivity index (χ1n) is 5.17. The normalized spacial score (nSPS) is 30.3. The summed E-state index contributed by atoms with van der Waals surface area (Å²) in [5.74, 6) is 0.277. The fourth-order valence-corrected chi connectivity index (χ4v) is 3.24. The van der Waals surface area contributed by atoms with Gasteiger partial charge in [-0.1, -0.05) is 37.3 Å². The summed E-state index contributed by atoms with van der Waals surface area (Å²) >= 11 is 10.6. The van der Waals surface area contributed by atoms with E-state index in [9.17, 15) is 4.79 Å². The number of nitrogens with zero attached hydrogens (tertiary/aromatic N) is 1. The first kappa shape index (κ1) is 11.0. The van der Waals surface area contributed by atoms with Crippen LogP contribution in [-0.4, -0.2) is 21.0 Å². The van der Waals surface area contributed by atoms with E-state index in [-0.39, 0.29) is 5.97 Å². The highest BCUT2D eigenvalue weighted by Gasteiger charge is 2.44. The molecule has 2 aliphatic rings. The van der Waals surface area contributed by atoms with Crippen LogP contribution in [0, 0.1) is 11.8 Å². The summed E-state index contributed by atoms with van der Waals surface area (Å²) in [5.41, 5.74) is 0. The second-order valence-electron chi connectivity index (χ2n) is 4.05. The molecule has 0 radical (unpaired) electrons. The second-order valence-corrected chi connectivity index (χ2v) is 4.89. The van der Waals surface area contributed by atoms with Crippen molar-refractivity contribution in [3.05, 3.63) is 0 Å². The van der Waals surface area contributed by atoms with Gasteiger partial charge < -0.3 is 4.84 Å². The van der Waals surface area contributed by atoms with Crippen LogP contribution in [-0.2, 0) is 9.63 Å². The van der Waals surface area contributed by atoms with Crippen LogP contribution < -0.4 is 0 Å². The van der Waals surface area contributed by atoms with Crippen molar-refractivity contribution in [1.82, 2.24) is 5.06 Å². The predicted molar refractivity (Wildman–Crippen MR) is 64.2 cm³/mol. The summed E-state index contributed by atoms with van der Waals surface area (Å²) in [6.45, 7) is 1.37. The minimum Gasteiger partial charge on any atom is -0.335 e. The summed E-state index contributed by atoms with van der Waals surface area (Å²) in [7, 11) is 0. The molecule has 0 aromatic rings. The second kappa shape index (κ2) is 4.14. The van der Waals surface area contributed by atoms with Gasteiger partial charge in [0.05, 0.1) is 0 Å². The SMILES string of the molecule is CC(=O)ON1C(=S)C2CCCCC2C1=S. The maximum absolute atomic E-state index is 10.9. The topological polar surface area (TPSA) is 29.5 Å². The highest BCUT2D eigenvalue weighted by atomic mass is 32.1. The lowest BCUT2D eigenvalue weighted by Gasteiger charge is -2.21. The molecule has 0 N–H and O–H groups in total. The minimum atomic E-state index is -0.363. The summed E-state index contributed by atoms with van der Waals surface area (Å²) in [4.78, 5) is 17.3. The van der Waals surface area contributed by atoms with E-state index >= 15 is 0 Å². The Morgan fingerprint density at radius 3 is 2.13 bits per heavy atom. The molecule has 1 saturated heterocycles. The lowest BCUT2D eigenvalue weighted by Crippen LogP contribution is -2.30. The first-order chi connectivity index (χ1) is 7.11. The van der Waals surface area contributed by atoms with Crippen molar-refractivity contribution in [2.75, 3.05) is 0 Å². The fraction of sp³-hybridized carbons (Fsp3) is 0.700. The molecule has 2 unspecified atom stereocenters. The molecule has 2 atom stereocenters. The quantitative estimate of drug-likeness (QED) is 0.659. The Labute approximate surface area is 99.7 Å². The number of carbonyl (C=O) groups excluding carboxylic acids is 1. The molecule has 1 heterocycles. The lowest BCUT2D eigenvalue weighted by molar-refractivity contribution is -0.158. The van der Waals surface area contributed by atoms with Crippen LogP contribution in [0.2, 0.25) is 0 Å². The van der Waals surface area contributed by atoms with E-state index in [0.717, 1.165) is 12.8 Å². The Bertz CT molecular complexity index is 305. The maximum Gasteiger partial charge on any atom is 0.329 e. The largest absolute Gasteiger partial charge is 0.335 e. The van der Waals surface area contributed by atoms with Gasteiger partial charge in [0, 0.05) is 18.8 Å². The zero-order valence-corrected chi connectivity index (χ0v) is 10.2. The zero-order valence-electron chi connectivity index (χ0n) is 8.56. The Morgan fingerprint density at radius 1 is 1.27 bits per heavy atom. The van der Waals surface area contributed by atoms with Gasteiger partial charge in [0.15, 0.2) is 0 Å². The number of hydrogen-bond donors (Lipinski definition) is 0. The summed E-state index contributed by atoms with van der Waals surface area (Å²) < 4.78 is 0. The van der Waals surface area contributed by atoms with E-state index in [4.69, 9.17) is 29.3 Å². The molecule has 0 spiro atoms. The van der Waals surface area contributed by atoms with Crippen LogP contribution in [0.4, 0.5) is 0 Å². The summed E-state index contributed by atoms with van der Waals surface area (Å²) in [6.07, 6.45) is 4.53. The van der Waals surface area contributed by atoms with Crippen molar-refractivity contribution in [3.63, 3.8) is 0 Å². The third-order valence-electron chi connectivity index (χ3n) is 3.02. The van der Waals surface area contributed by atoms with Gasteiger partial charge >= 0.3 is 5.97 Å². The van der Waals surface area contributed by atoms with E-state index in [0.29, 0.717) is 21.8 Å². The van der Waals surface area contributed by atoms with Gasteiger partial charge in [0.1, 0.15) is 9.98 Å². The summed E-state index contributed by atoms with van der Waals surface area (Å²) in [5, 5.41) is 1.40. The molecule has 2 rings (SSSR count). The van der Waals surface area contributed by atoms with Crippen molar-refractivity contribution in [2.24, 2.45) is 11.8 Å². The average molecular weight is 243 g/mol. The zero-order chi connectivity index (χ0) is 11.0. The Kier molecular flexibility index (Phi) is 3.02. The fourth-order valence-electron chi connectivity index (χ4n) is 2.35. The third-order valence-corrected chi connectivity index (χ3v) is 3.96. The number of fused-ring (bicyclic) bond motifs is 1. The van der Waals surface area contributed by atoms with E-state index < -0.39 is 0 Å². The van der Waals surface area contributed by atoms with Crippen LogP contribution in [0.1, 0.15) is 32.6 Å². The molecule has 2 fully saturated rings. The molecule has 5 heteroatoms. The maximum atomic E-state index is 10.9. The molecule has 0 aromatic carbocycles. The molecule has 0 bridgehead atoms. The van der Waals surface area contributed by atoms with Crippen molar-refractivity contribution >= 4 is 40.4 Å². The van der Waals surface area contributed by atoms with Gasteiger partial charge in [-0.25, -0.2) is 4.79 Å². The van der Waals surface area contributed by atoms with Gasteiger partial charge in [-0.3, -0.25) is 0 Å². The average Bonchev–Trinajstić information content (AvgIpc) is 2.44. The molecule has 3 nitrogen and oxygen atoms in total. The third kappa shape index (κ3) is 1.90. The smallest absolute Gasteiger partial charge is 0.329 e. The van der Waals surface area contributed by atoms with Crippen LogP contribution >= 0.6 is 24.4 Å². The number of hydrogen-bond acceptors (Lipinski definition) is 4. The van der Waals surface area contributed by atoms with Crippen molar-refractivity contribution in [3.8, 4) is 0 Å². The molecular weight excluding hydrogens is 230 g/mol.